The van der Waals surface area contributed by atoms with Crippen molar-refractivity contribution in [3.8, 4) is 5.75 Å². The number of hydrogen-bond donors (Lipinski definition) is 1. The van der Waals surface area contributed by atoms with Gasteiger partial charge >= 0.3 is 0 Å². The van der Waals surface area contributed by atoms with E-state index in [4.69, 9.17) is 4.74 Å². The molecule has 0 aromatic heterocycles. The molecule has 0 aliphatic carbocycles. The Morgan fingerprint density at radius 1 is 1.25 bits per heavy atom. The van der Waals surface area contributed by atoms with Crippen molar-refractivity contribution in [1.29, 1.82) is 0 Å². The van der Waals surface area contributed by atoms with Crippen LogP contribution in [-0.2, 0) is 6.42 Å². The van der Waals surface area contributed by atoms with Crippen molar-refractivity contribution in [2.45, 2.75) is 45.7 Å². The number of hydrogen-bond acceptors (Lipinski definition) is 2. The highest BCUT2D eigenvalue weighted by Crippen LogP contribution is 2.22. The normalized spacial score (nSPS) is 11.9. The van der Waals surface area contributed by atoms with Crippen LogP contribution in [0.5, 0.6) is 5.75 Å². The van der Waals surface area contributed by atoms with E-state index in [0.717, 1.165) is 12.2 Å². The molecule has 0 aliphatic heterocycles. The van der Waals surface area contributed by atoms with Crippen LogP contribution < -0.4 is 10.1 Å². The van der Waals surface area contributed by atoms with Crippen LogP contribution in [0.4, 0.5) is 0 Å². The standard InChI is InChI=1S/C14H23NO/c1-11(2)15-14(3,4)10-12-8-6-7-9-13(12)16-5/h6-9,11,15H,10H2,1-5H3. The molecule has 0 bridgehead atoms. The summed E-state index contributed by atoms with van der Waals surface area (Å²) in [6.45, 7) is 8.78. The van der Waals surface area contributed by atoms with Crippen molar-refractivity contribution in [2.24, 2.45) is 0 Å². The second-order valence-electron chi connectivity index (χ2n) is 5.17. The summed E-state index contributed by atoms with van der Waals surface area (Å²) in [7, 11) is 1.72. The maximum absolute atomic E-state index is 5.37. The molecule has 0 saturated carbocycles. The lowest BCUT2D eigenvalue weighted by Gasteiger charge is -2.29. The van der Waals surface area contributed by atoms with Crippen LogP contribution in [0.15, 0.2) is 24.3 Å². The molecule has 0 fully saturated rings. The number of benzene rings is 1. The highest BCUT2D eigenvalue weighted by Gasteiger charge is 2.20. The van der Waals surface area contributed by atoms with Crippen molar-refractivity contribution < 1.29 is 4.74 Å². The third kappa shape index (κ3) is 3.86. The molecule has 2 heteroatoms. The van der Waals surface area contributed by atoms with Crippen LogP contribution in [0.2, 0.25) is 0 Å². The Kier molecular flexibility index (Phi) is 4.36. The number of ether oxygens (including phenoxy) is 1. The molecule has 0 spiro atoms. The van der Waals surface area contributed by atoms with Crippen LogP contribution in [0.25, 0.3) is 0 Å². The minimum atomic E-state index is 0.0861. The van der Waals surface area contributed by atoms with Crippen molar-refractivity contribution in [1.82, 2.24) is 5.32 Å². The lowest BCUT2D eigenvalue weighted by Crippen LogP contribution is -2.45. The molecule has 0 unspecified atom stereocenters. The predicted octanol–water partition coefficient (Wildman–Crippen LogP) is 3.01. The fourth-order valence-electron chi connectivity index (χ4n) is 2.16. The van der Waals surface area contributed by atoms with Gasteiger partial charge in [0.2, 0.25) is 0 Å². The van der Waals surface area contributed by atoms with Gasteiger partial charge in [-0.2, -0.15) is 0 Å². The number of methoxy groups -OCH3 is 1. The molecule has 0 amide bonds. The highest BCUT2D eigenvalue weighted by molar-refractivity contribution is 5.34. The molecule has 0 radical (unpaired) electrons. The van der Waals surface area contributed by atoms with Crippen molar-refractivity contribution >= 4 is 0 Å². The largest absolute Gasteiger partial charge is 0.496 e. The maximum atomic E-state index is 5.37. The Morgan fingerprint density at radius 3 is 2.44 bits per heavy atom. The van der Waals surface area contributed by atoms with Gasteiger partial charge in [-0.3, -0.25) is 0 Å². The zero-order valence-electron chi connectivity index (χ0n) is 11.0. The Labute approximate surface area is 99.0 Å². The Morgan fingerprint density at radius 2 is 1.88 bits per heavy atom. The van der Waals surface area contributed by atoms with Crippen molar-refractivity contribution in [2.75, 3.05) is 7.11 Å². The van der Waals surface area contributed by atoms with Gasteiger partial charge in [-0.1, -0.05) is 32.0 Å². The van der Waals surface area contributed by atoms with Gasteiger partial charge in [-0.05, 0) is 31.9 Å². The summed E-state index contributed by atoms with van der Waals surface area (Å²) in [5, 5.41) is 3.56. The van der Waals surface area contributed by atoms with Gasteiger partial charge in [0.25, 0.3) is 0 Å². The van der Waals surface area contributed by atoms with E-state index < -0.39 is 0 Å². The molecular weight excluding hydrogens is 198 g/mol. The molecule has 0 aliphatic rings. The van der Waals surface area contributed by atoms with E-state index in [9.17, 15) is 0 Å². The SMILES string of the molecule is COc1ccccc1CC(C)(C)NC(C)C. The molecule has 1 aromatic carbocycles. The molecule has 16 heavy (non-hydrogen) atoms. The first kappa shape index (κ1) is 13.0. The van der Waals surface area contributed by atoms with E-state index in [1.807, 2.05) is 12.1 Å². The van der Waals surface area contributed by atoms with Crippen LogP contribution in [0.3, 0.4) is 0 Å². The fourth-order valence-corrected chi connectivity index (χ4v) is 2.16. The third-order valence-electron chi connectivity index (χ3n) is 2.50. The molecule has 0 atom stereocenters. The summed E-state index contributed by atoms with van der Waals surface area (Å²) in [5.41, 5.74) is 1.34. The summed E-state index contributed by atoms with van der Waals surface area (Å²) in [4.78, 5) is 0. The summed E-state index contributed by atoms with van der Waals surface area (Å²) in [6, 6.07) is 8.70. The molecule has 1 aromatic rings. The Hall–Kier alpha value is -1.02. The summed E-state index contributed by atoms with van der Waals surface area (Å²) in [6.07, 6.45) is 0.967. The average molecular weight is 221 g/mol. The van der Waals surface area contributed by atoms with Gasteiger partial charge in [0.05, 0.1) is 7.11 Å². The van der Waals surface area contributed by atoms with Gasteiger partial charge < -0.3 is 10.1 Å². The van der Waals surface area contributed by atoms with Gasteiger partial charge in [0.1, 0.15) is 5.75 Å². The second-order valence-corrected chi connectivity index (χ2v) is 5.17. The average Bonchev–Trinajstić information content (AvgIpc) is 2.15. The van der Waals surface area contributed by atoms with E-state index in [-0.39, 0.29) is 5.54 Å². The van der Waals surface area contributed by atoms with Crippen molar-refractivity contribution in [3.05, 3.63) is 29.8 Å². The number of para-hydroxylation sites is 1. The van der Waals surface area contributed by atoms with Crippen LogP contribution in [0.1, 0.15) is 33.3 Å². The monoisotopic (exact) mass is 221 g/mol. The van der Waals surface area contributed by atoms with Gasteiger partial charge in [-0.15, -0.1) is 0 Å². The van der Waals surface area contributed by atoms with E-state index in [1.165, 1.54) is 5.56 Å². The lowest BCUT2D eigenvalue weighted by molar-refractivity contribution is 0.343. The molecule has 0 heterocycles. The van der Waals surface area contributed by atoms with Crippen LogP contribution in [-0.4, -0.2) is 18.7 Å². The zero-order chi connectivity index (χ0) is 12.2. The smallest absolute Gasteiger partial charge is 0.122 e. The Bertz CT molecular complexity index is 331. The quantitative estimate of drug-likeness (QED) is 0.825. The first-order chi connectivity index (χ1) is 7.44. The summed E-state index contributed by atoms with van der Waals surface area (Å²) >= 11 is 0. The number of rotatable bonds is 5. The summed E-state index contributed by atoms with van der Waals surface area (Å²) in [5.74, 6) is 0.973. The van der Waals surface area contributed by atoms with Gasteiger partial charge in [0, 0.05) is 11.6 Å². The van der Waals surface area contributed by atoms with Gasteiger partial charge in [-0.25, -0.2) is 0 Å². The van der Waals surface area contributed by atoms with E-state index >= 15 is 0 Å². The zero-order valence-corrected chi connectivity index (χ0v) is 11.0. The van der Waals surface area contributed by atoms with Crippen LogP contribution in [0, 0.1) is 0 Å². The minimum absolute atomic E-state index is 0.0861. The molecule has 0 saturated heterocycles. The first-order valence-corrected chi connectivity index (χ1v) is 5.84. The number of nitrogens with one attached hydrogen (secondary N) is 1. The highest BCUT2D eigenvalue weighted by atomic mass is 16.5. The van der Waals surface area contributed by atoms with E-state index in [1.54, 1.807) is 7.11 Å². The third-order valence-corrected chi connectivity index (χ3v) is 2.50. The van der Waals surface area contributed by atoms with Gasteiger partial charge in [0.15, 0.2) is 0 Å². The first-order valence-electron chi connectivity index (χ1n) is 5.84. The predicted molar refractivity (Wildman–Crippen MR) is 69.0 cm³/mol. The lowest BCUT2D eigenvalue weighted by atomic mass is 9.93. The fraction of sp³-hybridized carbons (Fsp3) is 0.571. The summed E-state index contributed by atoms with van der Waals surface area (Å²) < 4.78 is 5.37. The minimum Gasteiger partial charge on any atom is -0.496 e. The van der Waals surface area contributed by atoms with E-state index in [0.29, 0.717) is 6.04 Å². The molecular formula is C14H23NO. The van der Waals surface area contributed by atoms with E-state index in [2.05, 4.69) is 45.1 Å². The van der Waals surface area contributed by atoms with Crippen molar-refractivity contribution in [3.63, 3.8) is 0 Å². The molecule has 1 N–H and O–H groups in total. The Balaban J connectivity index is 2.78. The van der Waals surface area contributed by atoms with Crippen LogP contribution >= 0.6 is 0 Å². The molecule has 2 nitrogen and oxygen atoms in total. The second kappa shape index (κ2) is 5.35. The molecule has 90 valence electrons. The maximum Gasteiger partial charge on any atom is 0.122 e. The molecule has 1 rings (SSSR count). The topological polar surface area (TPSA) is 21.3 Å².